The molecule has 0 aromatic heterocycles. The first-order valence-electron chi connectivity index (χ1n) is 10.2. The van der Waals surface area contributed by atoms with Crippen LogP contribution in [0.1, 0.15) is 25.3 Å². The van der Waals surface area contributed by atoms with Crippen molar-refractivity contribution in [1.29, 1.82) is 5.41 Å². The molecule has 0 spiro atoms. The van der Waals surface area contributed by atoms with Gasteiger partial charge < -0.3 is 15.8 Å². The van der Waals surface area contributed by atoms with E-state index >= 15 is 0 Å². The largest absolute Gasteiger partial charge is 0.481 e. The zero-order valence-corrected chi connectivity index (χ0v) is 18.3. The highest BCUT2D eigenvalue weighted by Crippen LogP contribution is 2.43. The molecule has 164 valence electrons. The molecule has 4 N–H and O–H groups in total. The number of hydrogen-bond acceptors (Lipinski definition) is 5. The van der Waals surface area contributed by atoms with Crippen molar-refractivity contribution in [3.63, 3.8) is 0 Å². The van der Waals surface area contributed by atoms with Crippen molar-refractivity contribution >= 4 is 27.3 Å². The third-order valence-corrected chi connectivity index (χ3v) is 7.12. The van der Waals surface area contributed by atoms with Crippen LogP contribution in [0.2, 0.25) is 0 Å². The molecule has 1 aliphatic heterocycles. The first-order valence-corrected chi connectivity index (χ1v) is 11.7. The van der Waals surface area contributed by atoms with Crippen LogP contribution in [0.5, 0.6) is 5.75 Å². The molecular weight excluding hydrogens is 426 g/mol. The van der Waals surface area contributed by atoms with Crippen molar-refractivity contribution in [2.45, 2.75) is 35.7 Å². The average Bonchev–Trinajstić information content (AvgIpc) is 3.00. The Bertz CT molecular complexity index is 1320. The van der Waals surface area contributed by atoms with Crippen LogP contribution in [0.15, 0.2) is 76.5 Å². The lowest BCUT2D eigenvalue weighted by Crippen LogP contribution is -2.33. The molecule has 32 heavy (non-hydrogen) atoms. The molecular formula is C24H23N3O4S. The lowest BCUT2D eigenvalue weighted by Gasteiger charge is -2.19. The van der Waals surface area contributed by atoms with Crippen molar-refractivity contribution in [2.75, 3.05) is 5.32 Å². The molecule has 3 aromatic rings. The number of anilines is 1. The first kappa shape index (κ1) is 21.6. The molecule has 0 saturated heterocycles. The van der Waals surface area contributed by atoms with E-state index in [1.807, 2.05) is 6.92 Å². The minimum Gasteiger partial charge on any atom is -0.481 e. The smallest absolute Gasteiger partial charge is 0.265 e. The molecule has 0 saturated carbocycles. The van der Waals surface area contributed by atoms with Gasteiger partial charge in [-0.1, -0.05) is 49.7 Å². The minimum absolute atomic E-state index is 0.0905. The molecule has 1 aliphatic rings. The van der Waals surface area contributed by atoms with Crippen LogP contribution >= 0.6 is 0 Å². The molecule has 1 amide bonds. The fourth-order valence-corrected chi connectivity index (χ4v) is 5.43. The van der Waals surface area contributed by atoms with Gasteiger partial charge in [-0.3, -0.25) is 10.2 Å². The number of nitrogen functional groups attached to an aromatic ring is 1. The number of carbonyl (C=O) groups excluding carboxylic acids is 1. The van der Waals surface area contributed by atoms with Crippen LogP contribution in [-0.2, 0) is 14.6 Å². The molecule has 4 rings (SSSR count). The van der Waals surface area contributed by atoms with Crippen LogP contribution in [0.3, 0.4) is 0 Å². The second kappa shape index (κ2) is 8.47. The van der Waals surface area contributed by atoms with Gasteiger partial charge in [0.2, 0.25) is 9.84 Å². The summed E-state index contributed by atoms with van der Waals surface area (Å²) in [5.41, 5.74) is 7.71. The zero-order chi connectivity index (χ0) is 22.9. The minimum atomic E-state index is -3.63. The molecule has 8 heteroatoms. The maximum atomic E-state index is 13.0. The number of amides is 1. The molecule has 0 radical (unpaired) electrons. The number of sulfone groups is 1. The molecule has 0 fully saturated rings. The maximum absolute atomic E-state index is 13.0. The molecule has 1 atom stereocenters. The first-order chi connectivity index (χ1) is 15.3. The van der Waals surface area contributed by atoms with Gasteiger partial charge in [0.1, 0.15) is 11.6 Å². The van der Waals surface area contributed by atoms with Gasteiger partial charge >= 0.3 is 0 Å². The van der Waals surface area contributed by atoms with E-state index in [1.165, 1.54) is 6.07 Å². The van der Waals surface area contributed by atoms with Gasteiger partial charge in [-0.15, -0.1) is 0 Å². The molecule has 0 aliphatic carbocycles. The van der Waals surface area contributed by atoms with Crippen LogP contribution in [0.4, 0.5) is 5.69 Å². The Balaban J connectivity index is 1.57. The highest BCUT2D eigenvalue weighted by atomic mass is 32.2. The summed E-state index contributed by atoms with van der Waals surface area (Å²) in [5.74, 6) is -0.0430. The van der Waals surface area contributed by atoms with Crippen LogP contribution in [0.25, 0.3) is 11.1 Å². The Morgan fingerprint density at radius 3 is 2.53 bits per heavy atom. The van der Waals surface area contributed by atoms with E-state index in [0.717, 1.165) is 0 Å². The van der Waals surface area contributed by atoms with E-state index in [1.54, 1.807) is 60.7 Å². The van der Waals surface area contributed by atoms with Gasteiger partial charge in [0, 0.05) is 22.4 Å². The normalized spacial score (nSPS) is 14.2. The maximum Gasteiger partial charge on any atom is 0.265 e. The number of nitrogens with two attached hydrogens (primary N) is 1. The van der Waals surface area contributed by atoms with E-state index < -0.39 is 15.9 Å². The lowest BCUT2D eigenvalue weighted by atomic mass is 10.1. The number of fused-ring (bicyclic) bond motifs is 3. The number of carbonyl (C=O) groups is 1. The summed E-state index contributed by atoms with van der Waals surface area (Å²) in [4.78, 5) is 13.4. The number of hydrogen-bond donors (Lipinski definition) is 3. The van der Waals surface area contributed by atoms with E-state index in [2.05, 4.69) is 5.32 Å². The Morgan fingerprint density at radius 1 is 1.03 bits per heavy atom. The van der Waals surface area contributed by atoms with E-state index in [0.29, 0.717) is 41.0 Å². The average molecular weight is 450 g/mol. The molecule has 7 nitrogen and oxygen atoms in total. The van der Waals surface area contributed by atoms with Gasteiger partial charge in [0.15, 0.2) is 6.10 Å². The predicted octanol–water partition coefficient (Wildman–Crippen LogP) is 3.97. The van der Waals surface area contributed by atoms with Gasteiger partial charge in [-0.25, -0.2) is 8.42 Å². The number of ether oxygens (including phenoxy) is 1. The lowest BCUT2D eigenvalue weighted by molar-refractivity contribution is -0.123. The van der Waals surface area contributed by atoms with Crippen molar-refractivity contribution in [3.8, 4) is 16.9 Å². The van der Waals surface area contributed by atoms with Gasteiger partial charge in [0.25, 0.3) is 5.91 Å². The summed E-state index contributed by atoms with van der Waals surface area (Å²) in [5, 5.41) is 10.3. The molecule has 3 aromatic carbocycles. The van der Waals surface area contributed by atoms with Crippen molar-refractivity contribution in [1.82, 2.24) is 0 Å². The SMILES string of the molecule is CCCC(Oc1cccc(C(=N)N)c1)C(=O)Nc1ccc2c(c1)S(=O)(=O)c1ccccc1-2. The second-order valence-electron chi connectivity index (χ2n) is 7.54. The number of benzene rings is 3. The summed E-state index contributed by atoms with van der Waals surface area (Å²) in [6, 6.07) is 18.4. The fraction of sp³-hybridized carbons (Fsp3) is 0.167. The molecule has 1 unspecified atom stereocenters. The van der Waals surface area contributed by atoms with Crippen LogP contribution in [0, 0.1) is 5.41 Å². The third-order valence-electron chi connectivity index (χ3n) is 5.27. The standard InChI is InChI=1S/C24H23N3O4S/c1-2-6-20(31-17-8-5-7-15(13-17)23(25)26)24(28)27-16-11-12-19-18-9-3-4-10-21(18)32(29,30)22(19)14-16/h3-5,7-14,20H,2,6H2,1H3,(H3,25,26)(H,27,28). The van der Waals surface area contributed by atoms with Crippen LogP contribution < -0.4 is 15.8 Å². The monoisotopic (exact) mass is 449 g/mol. The number of rotatable bonds is 7. The quantitative estimate of drug-likeness (QED) is 0.291. The van der Waals surface area contributed by atoms with Gasteiger partial charge in [-0.05, 0) is 36.8 Å². The highest BCUT2D eigenvalue weighted by Gasteiger charge is 2.33. The Labute approximate surface area is 186 Å². The topological polar surface area (TPSA) is 122 Å². The summed E-state index contributed by atoms with van der Waals surface area (Å²) >= 11 is 0. The number of amidine groups is 1. The molecule has 1 heterocycles. The Kier molecular flexibility index (Phi) is 5.71. The summed E-state index contributed by atoms with van der Waals surface area (Å²) in [6.07, 6.45) is 0.382. The van der Waals surface area contributed by atoms with Crippen molar-refractivity contribution in [3.05, 3.63) is 72.3 Å². The van der Waals surface area contributed by atoms with E-state index in [-0.39, 0.29) is 21.5 Å². The van der Waals surface area contributed by atoms with E-state index in [9.17, 15) is 13.2 Å². The summed E-state index contributed by atoms with van der Waals surface area (Å²) in [6.45, 7) is 1.94. The summed E-state index contributed by atoms with van der Waals surface area (Å²) in [7, 11) is -3.63. The zero-order valence-electron chi connectivity index (χ0n) is 17.5. The Morgan fingerprint density at radius 2 is 1.78 bits per heavy atom. The van der Waals surface area contributed by atoms with E-state index in [4.69, 9.17) is 15.9 Å². The fourth-order valence-electron chi connectivity index (χ4n) is 3.72. The second-order valence-corrected chi connectivity index (χ2v) is 9.42. The van der Waals surface area contributed by atoms with Crippen molar-refractivity contribution < 1.29 is 17.9 Å². The van der Waals surface area contributed by atoms with Gasteiger partial charge in [0.05, 0.1) is 9.79 Å². The van der Waals surface area contributed by atoms with Crippen molar-refractivity contribution in [2.24, 2.45) is 5.73 Å². The highest BCUT2D eigenvalue weighted by molar-refractivity contribution is 7.92. The Hall–Kier alpha value is -3.65. The number of nitrogens with one attached hydrogen (secondary N) is 2. The predicted molar refractivity (Wildman–Crippen MR) is 123 cm³/mol. The summed E-state index contributed by atoms with van der Waals surface area (Å²) < 4.78 is 31.7. The third kappa shape index (κ3) is 3.97. The van der Waals surface area contributed by atoms with Crippen LogP contribution in [-0.4, -0.2) is 26.3 Å². The van der Waals surface area contributed by atoms with Gasteiger partial charge in [-0.2, -0.15) is 0 Å². The molecule has 0 bridgehead atoms.